The molecule has 2 heterocycles. The van der Waals surface area contributed by atoms with Gasteiger partial charge >= 0.3 is 5.97 Å². The van der Waals surface area contributed by atoms with Gasteiger partial charge in [-0.25, -0.2) is 15.0 Å². The Morgan fingerprint density at radius 1 is 1.45 bits per heavy atom. The maximum Gasteiger partial charge on any atom is 0.325 e. The van der Waals surface area contributed by atoms with Gasteiger partial charge in [-0.1, -0.05) is 0 Å². The Hall–Kier alpha value is -2.71. The van der Waals surface area contributed by atoms with Crippen molar-refractivity contribution >= 4 is 28.9 Å². The maximum atomic E-state index is 11.7. The first-order valence-corrected chi connectivity index (χ1v) is 5.86. The largest absolute Gasteiger partial charge is 0.480 e. The average Bonchev–Trinajstić information content (AvgIpc) is 2.85. The topological polar surface area (TPSA) is 124 Å². The number of aromatic nitrogens is 4. The summed E-state index contributed by atoms with van der Waals surface area (Å²) in [5.74, 6) is -0.974. The van der Waals surface area contributed by atoms with Gasteiger partial charge in [-0.05, 0) is 6.92 Å². The van der Waals surface area contributed by atoms with Crippen molar-refractivity contribution in [1.29, 1.82) is 0 Å². The van der Waals surface area contributed by atoms with Crippen molar-refractivity contribution in [3.63, 3.8) is 0 Å². The summed E-state index contributed by atoms with van der Waals surface area (Å²) in [6.45, 7) is 1.38. The van der Waals surface area contributed by atoms with Crippen LogP contribution < -0.4 is 10.2 Å². The van der Waals surface area contributed by atoms with Gasteiger partial charge in [0, 0.05) is 7.05 Å². The van der Waals surface area contributed by atoms with E-state index in [1.807, 2.05) is 0 Å². The molecule has 1 atom stereocenters. The van der Waals surface area contributed by atoms with Crippen LogP contribution in [0.15, 0.2) is 12.7 Å². The molecular weight excluding hydrogens is 264 g/mol. The summed E-state index contributed by atoms with van der Waals surface area (Å²) in [6.07, 6.45) is 2.84. The van der Waals surface area contributed by atoms with E-state index < -0.39 is 17.9 Å². The van der Waals surface area contributed by atoms with Gasteiger partial charge in [-0.15, -0.1) is 0 Å². The standard InChI is InChI=1S/C11H14N6O3/c1-6(11(19)20)16-7(18)3-17(2)10-8-9(13-4-12-8)14-5-15-10/h4-6H,3H2,1-2H3,(H,16,18)(H,19,20)(H,12,13,14,15)/t6-/m0/s1. The number of rotatable bonds is 5. The lowest BCUT2D eigenvalue weighted by molar-refractivity contribution is -0.141. The van der Waals surface area contributed by atoms with Crippen LogP contribution in [0, 0.1) is 0 Å². The van der Waals surface area contributed by atoms with Crippen molar-refractivity contribution in [1.82, 2.24) is 25.3 Å². The minimum atomic E-state index is -1.08. The smallest absolute Gasteiger partial charge is 0.325 e. The highest BCUT2D eigenvalue weighted by atomic mass is 16.4. The van der Waals surface area contributed by atoms with Crippen molar-refractivity contribution < 1.29 is 14.7 Å². The number of amides is 1. The molecule has 20 heavy (non-hydrogen) atoms. The lowest BCUT2D eigenvalue weighted by Crippen LogP contribution is -2.43. The summed E-state index contributed by atoms with van der Waals surface area (Å²) in [7, 11) is 1.67. The zero-order valence-corrected chi connectivity index (χ0v) is 11.0. The number of carboxylic acids is 1. The van der Waals surface area contributed by atoms with Gasteiger partial charge < -0.3 is 20.3 Å². The Bertz CT molecular complexity index is 640. The summed E-state index contributed by atoms with van der Waals surface area (Å²) in [5, 5.41) is 11.1. The summed E-state index contributed by atoms with van der Waals surface area (Å²) in [6, 6.07) is -0.937. The second-order valence-electron chi connectivity index (χ2n) is 4.28. The fourth-order valence-electron chi connectivity index (χ4n) is 1.68. The molecular formula is C11H14N6O3. The van der Waals surface area contributed by atoms with Crippen LogP contribution in [0.2, 0.25) is 0 Å². The summed E-state index contributed by atoms with van der Waals surface area (Å²) >= 11 is 0. The van der Waals surface area contributed by atoms with E-state index in [0.29, 0.717) is 17.0 Å². The number of anilines is 1. The Morgan fingerprint density at radius 3 is 2.90 bits per heavy atom. The van der Waals surface area contributed by atoms with E-state index in [1.54, 1.807) is 11.9 Å². The normalized spacial score (nSPS) is 12.1. The first-order chi connectivity index (χ1) is 9.49. The predicted octanol–water partition coefficient (Wildman–Crippen LogP) is -0.622. The molecule has 0 aliphatic rings. The Balaban J connectivity index is 2.08. The Kier molecular flexibility index (Phi) is 3.78. The highest BCUT2D eigenvalue weighted by Gasteiger charge is 2.17. The summed E-state index contributed by atoms with van der Waals surface area (Å²) < 4.78 is 0. The highest BCUT2D eigenvalue weighted by Crippen LogP contribution is 2.17. The second kappa shape index (κ2) is 5.51. The molecule has 0 spiro atoms. The molecule has 0 aliphatic carbocycles. The first-order valence-electron chi connectivity index (χ1n) is 5.86. The number of carboxylic acid groups (broad SMARTS) is 1. The average molecular weight is 278 g/mol. The highest BCUT2D eigenvalue weighted by molar-refractivity contribution is 5.89. The molecule has 2 aromatic rings. The molecule has 2 rings (SSSR count). The van der Waals surface area contributed by atoms with Crippen LogP contribution in [-0.4, -0.2) is 56.6 Å². The van der Waals surface area contributed by atoms with Gasteiger partial charge in [0.1, 0.15) is 17.9 Å². The molecule has 0 unspecified atom stereocenters. The fraction of sp³-hybridized carbons (Fsp3) is 0.364. The molecule has 3 N–H and O–H groups in total. The van der Waals surface area contributed by atoms with Gasteiger partial charge in [0.25, 0.3) is 0 Å². The number of fused-ring (bicyclic) bond motifs is 1. The summed E-state index contributed by atoms with van der Waals surface area (Å²) in [4.78, 5) is 39.0. The molecule has 0 bridgehead atoms. The fourth-order valence-corrected chi connectivity index (χ4v) is 1.68. The van der Waals surface area contributed by atoms with Gasteiger partial charge in [0.05, 0.1) is 12.9 Å². The van der Waals surface area contributed by atoms with E-state index in [9.17, 15) is 9.59 Å². The number of nitrogens with zero attached hydrogens (tertiary/aromatic N) is 4. The van der Waals surface area contributed by atoms with E-state index in [2.05, 4.69) is 25.3 Å². The van der Waals surface area contributed by atoms with Crippen LogP contribution >= 0.6 is 0 Å². The van der Waals surface area contributed by atoms with Crippen LogP contribution in [-0.2, 0) is 9.59 Å². The number of imidazole rings is 1. The van der Waals surface area contributed by atoms with Crippen LogP contribution in [0.4, 0.5) is 5.82 Å². The quantitative estimate of drug-likeness (QED) is 0.665. The molecule has 9 nitrogen and oxygen atoms in total. The Labute approximate surface area is 114 Å². The lowest BCUT2D eigenvalue weighted by atomic mass is 10.3. The van der Waals surface area contributed by atoms with Gasteiger partial charge in [0.15, 0.2) is 11.5 Å². The molecule has 1 amide bonds. The monoisotopic (exact) mass is 278 g/mol. The number of carbonyl (C=O) groups is 2. The minimum Gasteiger partial charge on any atom is -0.480 e. The number of H-pyrrole nitrogens is 1. The number of likely N-dealkylation sites (N-methyl/N-ethyl adjacent to an activating group) is 1. The van der Waals surface area contributed by atoms with E-state index in [1.165, 1.54) is 19.6 Å². The van der Waals surface area contributed by atoms with Gasteiger partial charge in [-0.2, -0.15) is 0 Å². The molecule has 0 fully saturated rings. The van der Waals surface area contributed by atoms with E-state index >= 15 is 0 Å². The zero-order chi connectivity index (χ0) is 14.7. The maximum absolute atomic E-state index is 11.7. The van der Waals surface area contributed by atoms with Crippen molar-refractivity contribution in [2.24, 2.45) is 0 Å². The molecule has 2 aromatic heterocycles. The van der Waals surface area contributed by atoms with Crippen molar-refractivity contribution in [2.45, 2.75) is 13.0 Å². The molecule has 9 heteroatoms. The van der Waals surface area contributed by atoms with E-state index in [0.717, 1.165) is 0 Å². The van der Waals surface area contributed by atoms with Gasteiger partial charge in [0.2, 0.25) is 5.91 Å². The zero-order valence-electron chi connectivity index (χ0n) is 11.0. The first kappa shape index (κ1) is 13.7. The number of carbonyl (C=O) groups excluding carboxylic acids is 1. The number of aliphatic carboxylic acids is 1. The number of nitrogens with one attached hydrogen (secondary N) is 2. The SMILES string of the molecule is C[C@H](NC(=O)CN(C)c1ncnc2nc[nH]c12)C(=O)O. The molecule has 0 radical (unpaired) electrons. The lowest BCUT2D eigenvalue weighted by Gasteiger charge is -2.18. The van der Waals surface area contributed by atoms with Crippen molar-refractivity contribution in [2.75, 3.05) is 18.5 Å². The number of hydrogen-bond donors (Lipinski definition) is 3. The molecule has 0 saturated heterocycles. The minimum absolute atomic E-state index is 0.0250. The summed E-state index contributed by atoms with van der Waals surface area (Å²) in [5.41, 5.74) is 1.12. The third-order valence-corrected chi connectivity index (χ3v) is 2.69. The van der Waals surface area contributed by atoms with Crippen LogP contribution in [0.1, 0.15) is 6.92 Å². The predicted molar refractivity (Wildman–Crippen MR) is 70.2 cm³/mol. The molecule has 106 valence electrons. The molecule has 0 aliphatic heterocycles. The third kappa shape index (κ3) is 2.82. The number of hydrogen-bond acceptors (Lipinski definition) is 6. The van der Waals surface area contributed by atoms with Gasteiger partial charge in [-0.3, -0.25) is 9.59 Å². The number of aromatic amines is 1. The van der Waals surface area contributed by atoms with Crippen LogP contribution in [0.3, 0.4) is 0 Å². The van der Waals surface area contributed by atoms with E-state index in [4.69, 9.17) is 5.11 Å². The van der Waals surface area contributed by atoms with E-state index in [-0.39, 0.29) is 6.54 Å². The Morgan fingerprint density at radius 2 is 2.20 bits per heavy atom. The third-order valence-electron chi connectivity index (χ3n) is 2.69. The second-order valence-corrected chi connectivity index (χ2v) is 4.28. The molecule has 0 aromatic carbocycles. The van der Waals surface area contributed by atoms with Crippen LogP contribution in [0.5, 0.6) is 0 Å². The van der Waals surface area contributed by atoms with Crippen molar-refractivity contribution in [3.05, 3.63) is 12.7 Å². The molecule has 0 saturated carbocycles. The van der Waals surface area contributed by atoms with Crippen LogP contribution in [0.25, 0.3) is 11.2 Å². The van der Waals surface area contributed by atoms with Crippen molar-refractivity contribution in [3.8, 4) is 0 Å².